The first-order valence-corrected chi connectivity index (χ1v) is 7.46. The van der Waals surface area contributed by atoms with Gasteiger partial charge in [0.1, 0.15) is 0 Å². The van der Waals surface area contributed by atoms with Crippen LogP contribution in [0.5, 0.6) is 0 Å². The largest absolute Gasteiger partial charge is 0.336 e. The third kappa shape index (κ3) is 3.56. The van der Waals surface area contributed by atoms with Gasteiger partial charge in [0.25, 0.3) is 15.9 Å². The molecule has 1 rings (SSSR count). The highest BCUT2D eigenvalue weighted by atomic mass is 32.2. The fourth-order valence-corrected chi connectivity index (χ4v) is 1.98. The van der Waals surface area contributed by atoms with E-state index in [1.807, 2.05) is 6.92 Å². The Labute approximate surface area is 119 Å². The maximum absolute atomic E-state index is 12.0. The van der Waals surface area contributed by atoms with Crippen LogP contribution in [0.3, 0.4) is 0 Å². The molecule has 0 saturated carbocycles. The molecule has 108 valence electrons. The van der Waals surface area contributed by atoms with Gasteiger partial charge < -0.3 is 5.32 Å². The molecule has 1 aromatic heterocycles. The van der Waals surface area contributed by atoms with E-state index in [0.29, 0.717) is 6.42 Å². The Kier molecular flexibility index (Phi) is 4.87. The van der Waals surface area contributed by atoms with Crippen molar-refractivity contribution < 1.29 is 13.2 Å². The summed E-state index contributed by atoms with van der Waals surface area (Å²) in [4.78, 5) is 15.8. The van der Waals surface area contributed by atoms with Crippen LogP contribution < -0.4 is 10.0 Å². The Morgan fingerprint density at radius 2 is 2.15 bits per heavy atom. The van der Waals surface area contributed by atoms with Gasteiger partial charge in [-0.1, -0.05) is 12.8 Å². The molecule has 1 atom stereocenters. The highest BCUT2D eigenvalue weighted by Crippen LogP contribution is 2.10. The van der Waals surface area contributed by atoms with Gasteiger partial charge in [-0.3, -0.25) is 4.79 Å². The lowest BCUT2D eigenvalue weighted by atomic mass is 10.00. The van der Waals surface area contributed by atoms with Gasteiger partial charge >= 0.3 is 0 Å². The van der Waals surface area contributed by atoms with Crippen molar-refractivity contribution >= 4 is 15.9 Å². The lowest BCUT2D eigenvalue weighted by molar-refractivity contribution is 0.0923. The van der Waals surface area contributed by atoms with E-state index in [4.69, 9.17) is 6.42 Å². The van der Waals surface area contributed by atoms with Crippen molar-refractivity contribution in [2.24, 2.45) is 0 Å². The van der Waals surface area contributed by atoms with Crippen molar-refractivity contribution in [3.05, 3.63) is 23.9 Å². The molecular formula is C13H17N3O3S. The van der Waals surface area contributed by atoms with Crippen molar-refractivity contribution in [2.45, 2.75) is 30.8 Å². The van der Waals surface area contributed by atoms with Gasteiger partial charge in [-0.2, -0.15) is 0 Å². The molecule has 1 aromatic rings. The summed E-state index contributed by atoms with van der Waals surface area (Å²) < 4.78 is 25.2. The first-order valence-electron chi connectivity index (χ1n) is 5.98. The zero-order valence-corrected chi connectivity index (χ0v) is 12.4. The lowest BCUT2D eigenvalue weighted by Gasteiger charge is -2.23. The molecule has 0 aliphatic heterocycles. The van der Waals surface area contributed by atoms with E-state index in [-0.39, 0.29) is 10.6 Å². The molecule has 20 heavy (non-hydrogen) atoms. The van der Waals surface area contributed by atoms with Gasteiger partial charge in [0, 0.05) is 6.20 Å². The summed E-state index contributed by atoms with van der Waals surface area (Å²) in [5.41, 5.74) is -0.498. The molecule has 0 aliphatic carbocycles. The smallest absolute Gasteiger partial charge is 0.257 e. The van der Waals surface area contributed by atoms with Crippen LogP contribution in [-0.4, -0.2) is 31.9 Å². The lowest BCUT2D eigenvalue weighted by Crippen LogP contribution is -2.44. The molecule has 0 saturated heterocycles. The maximum Gasteiger partial charge on any atom is 0.257 e. The molecule has 0 radical (unpaired) electrons. The minimum absolute atomic E-state index is 0.147. The number of aromatic nitrogens is 1. The number of amides is 1. The number of rotatable bonds is 5. The van der Waals surface area contributed by atoms with Gasteiger partial charge in [-0.15, -0.1) is 6.42 Å². The molecule has 1 heterocycles. The summed E-state index contributed by atoms with van der Waals surface area (Å²) in [6.07, 6.45) is 7.15. The predicted molar refractivity (Wildman–Crippen MR) is 75.5 cm³/mol. The van der Waals surface area contributed by atoms with Crippen LogP contribution >= 0.6 is 0 Å². The zero-order chi connectivity index (χ0) is 15.4. The summed E-state index contributed by atoms with van der Waals surface area (Å²) in [6, 6.07) is 2.65. The summed E-state index contributed by atoms with van der Waals surface area (Å²) >= 11 is 0. The van der Waals surface area contributed by atoms with Gasteiger partial charge in [-0.05, 0) is 32.5 Å². The molecule has 6 nitrogen and oxygen atoms in total. The molecule has 0 spiro atoms. The zero-order valence-electron chi connectivity index (χ0n) is 11.6. The molecule has 0 aliphatic rings. The quantitative estimate of drug-likeness (QED) is 0.775. The summed E-state index contributed by atoms with van der Waals surface area (Å²) in [6.45, 7) is 3.60. The van der Waals surface area contributed by atoms with E-state index in [1.54, 1.807) is 6.92 Å². The SMILES string of the molecule is C#CC(C)(CC)NC(=O)c1ccc(S(=O)(=O)NC)nc1. The second-order valence-electron chi connectivity index (χ2n) is 4.38. The summed E-state index contributed by atoms with van der Waals surface area (Å²) in [5, 5.41) is 2.55. The van der Waals surface area contributed by atoms with E-state index in [1.165, 1.54) is 25.4 Å². The Balaban J connectivity index is 2.96. The Hall–Kier alpha value is -1.91. The van der Waals surface area contributed by atoms with Crippen LogP contribution in [0.25, 0.3) is 0 Å². The van der Waals surface area contributed by atoms with Crippen LogP contribution in [0.4, 0.5) is 0 Å². The topological polar surface area (TPSA) is 88.2 Å². The molecule has 1 unspecified atom stereocenters. The van der Waals surface area contributed by atoms with Crippen molar-refractivity contribution in [3.8, 4) is 12.3 Å². The number of nitrogens with zero attached hydrogens (tertiary/aromatic N) is 1. The van der Waals surface area contributed by atoms with Crippen LogP contribution in [-0.2, 0) is 10.0 Å². The number of terminal acetylenes is 1. The number of pyridine rings is 1. The third-order valence-electron chi connectivity index (χ3n) is 2.96. The minimum Gasteiger partial charge on any atom is -0.336 e. The van der Waals surface area contributed by atoms with Crippen molar-refractivity contribution in [2.75, 3.05) is 7.05 Å². The van der Waals surface area contributed by atoms with E-state index in [9.17, 15) is 13.2 Å². The number of hydrogen-bond donors (Lipinski definition) is 2. The van der Waals surface area contributed by atoms with E-state index < -0.39 is 21.5 Å². The van der Waals surface area contributed by atoms with Crippen LogP contribution in [0.2, 0.25) is 0 Å². The molecule has 0 fully saturated rings. The highest BCUT2D eigenvalue weighted by Gasteiger charge is 2.22. The fourth-order valence-electron chi connectivity index (χ4n) is 1.33. The average Bonchev–Trinajstić information content (AvgIpc) is 2.47. The number of carbonyl (C=O) groups is 1. The number of sulfonamides is 1. The minimum atomic E-state index is -3.61. The first kappa shape index (κ1) is 16.1. The number of hydrogen-bond acceptors (Lipinski definition) is 4. The highest BCUT2D eigenvalue weighted by molar-refractivity contribution is 7.89. The Morgan fingerprint density at radius 3 is 2.55 bits per heavy atom. The van der Waals surface area contributed by atoms with Crippen molar-refractivity contribution in [1.82, 2.24) is 15.0 Å². The van der Waals surface area contributed by atoms with Crippen LogP contribution in [0.15, 0.2) is 23.4 Å². The second-order valence-corrected chi connectivity index (χ2v) is 6.21. The van der Waals surface area contributed by atoms with Gasteiger partial charge in [0.05, 0.1) is 11.1 Å². The van der Waals surface area contributed by atoms with Gasteiger partial charge in [0.15, 0.2) is 5.03 Å². The fraction of sp³-hybridized carbons (Fsp3) is 0.385. The van der Waals surface area contributed by atoms with Crippen LogP contribution in [0.1, 0.15) is 30.6 Å². The van der Waals surface area contributed by atoms with Gasteiger partial charge in [0.2, 0.25) is 0 Å². The van der Waals surface area contributed by atoms with Crippen LogP contribution in [0, 0.1) is 12.3 Å². The molecule has 0 bridgehead atoms. The van der Waals surface area contributed by atoms with Crippen molar-refractivity contribution in [1.29, 1.82) is 0 Å². The van der Waals surface area contributed by atoms with E-state index in [0.717, 1.165) is 0 Å². The maximum atomic E-state index is 12.0. The van der Waals surface area contributed by atoms with Crippen molar-refractivity contribution in [3.63, 3.8) is 0 Å². The van der Waals surface area contributed by atoms with Gasteiger partial charge in [-0.25, -0.2) is 18.1 Å². The first-order chi connectivity index (χ1) is 9.28. The standard InChI is InChI=1S/C13H17N3O3S/c1-5-13(3,6-2)16-12(17)10-7-8-11(15-9-10)20(18,19)14-4/h1,7-9,14H,6H2,2-4H3,(H,16,17). The molecule has 7 heteroatoms. The second kappa shape index (κ2) is 6.03. The summed E-state index contributed by atoms with van der Waals surface area (Å²) in [5.74, 6) is 2.12. The average molecular weight is 295 g/mol. The van der Waals surface area contributed by atoms with E-state index >= 15 is 0 Å². The Bertz CT molecular complexity index is 632. The molecule has 0 aromatic carbocycles. The monoisotopic (exact) mass is 295 g/mol. The predicted octanol–water partition coefficient (Wildman–Crippen LogP) is 0.521. The normalized spacial score (nSPS) is 14.1. The molecule has 1 amide bonds. The third-order valence-corrected chi connectivity index (χ3v) is 4.29. The Morgan fingerprint density at radius 1 is 1.50 bits per heavy atom. The molecular weight excluding hydrogens is 278 g/mol. The molecule has 2 N–H and O–H groups in total. The van der Waals surface area contributed by atoms with E-state index in [2.05, 4.69) is 20.9 Å². The number of carbonyl (C=O) groups excluding carboxylic acids is 1. The number of nitrogens with one attached hydrogen (secondary N) is 2. The summed E-state index contributed by atoms with van der Waals surface area (Å²) in [7, 11) is -2.32.